The first-order valence-corrected chi connectivity index (χ1v) is 6.89. The van der Waals surface area contributed by atoms with Crippen molar-refractivity contribution >= 4 is 23.2 Å². The fourth-order valence-electron chi connectivity index (χ4n) is 1.97. The lowest BCUT2D eigenvalue weighted by atomic mass is 9.85. The Kier molecular flexibility index (Phi) is 4.02. The zero-order valence-electron chi connectivity index (χ0n) is 10.4. The van der Waals surface area contributed by atoms with Gasteiger partial charge in [0.05, 0.1) is 10.0 Å². The number of rotatable bonds is 5. The number of halogens is 2. The van der Waals surface area contributed by atoms with E-state index in [2.05, 4.69) is 25.2 Å². The molecule has 0 unspecified atom stereocenters. The molecule has 0 saturated heterocycles. The van der Waals surface area contributed by atoms with E-state index in [-0.39, 0.29) is 5.41 Å². The van der Waals surface area contributed by atoms with Crippen molar-refractivity contribution in [3.8, 4) is 0 Å². The second-order valence-electron chi connectivity index (χ2n) is 5.74. The molecule has 1 aromatic rings. The van der Waals surface area contributed by atoms with Crippen LogP contribution in [0.3, 0.4) is 0 Å². The average molecular weight is 272 g/mol. The molecule has 1 aromatic carbocycles. The Hall–Kier alpha value is -0.240. The maximum absolute atomic E-state index is 6.03. The van der Waals surface area contributed by atoms with Gasteiger partial charge in [-0.2, -0.15) is 0 Å². The molecule has 1 nitrogen and oxygen atoms in total. The van der Waals surface area contributed by atoms with Crippen molar-refractivity contribution in [2.45, 2.75) is 39.2 Å². The topological polar surface area (TPSA) is 12.0 Å². The van der Waals surface area contributed by atoms with E-state index in [0.717, 1.165) is 19.0 Å². The molecule has 0 atom stereocenters. The Morgan fingerprint density at radius 2 is 1.94 bits per heavy atom. The fourth-order valence-corrected chi connectivity index (χ4v) is 2.29. The van der Waals surface area contributed by atoms with Crippen molar-refractivity contribution in [3.63, 3.8) is 0 Å². The van der Waals surface area contributed by atoms with Crippen molar-refractivity contribution in [1.29, 1.82) is 0 Å². The maximum Gasteiger partial charge on any atom is 0.0595 e. The summed E-state index contributed by atoms with van der Waals surface area (Å²) in [5.41, 5.74) is 1.50. The Bertz CT molecular complexity index is 397. The Morgan fingerprint density at radius 1 is 1.24 bits per heavy atom. The minimum Gasteiger partial charge on any atom is -0.313 e. The first-order valence-electron chi connectivity index (χ1n) is 6.14. The summed E-state index contributed by atoms with van der Waals surface area (Å²) < 4.78 is 0. The van der Waals surface area contributed by atoms with Crippen LogP contribution in [0.15, 0.2) is 18.2 Å². The van der Waals surface area contributed by atoms with Gasteiger partial charge >= 0.3 is 0 Å². The van der Waals surface area contributed by atoms with E-state index >= 15 is 0 Å². The SMILES string of the molecule is CC(C)(CNC1CC1)Cc1ccc(Cl)c(Cl)c1. The molecule has 1 aliphatic rings. The molecule has 0 bridgehead atoms. The quantitative estimate of drug-likeness (QED) is 0.842. The summed E-state index contributed by atoms with van der Waals surface area (Å²) in [6.45, 7) is 5.62. The monoisotopic (exact) mass is 271 g/mol. The summed E-state index contributed by atoms with van der Waals surface area (Å²) in [5, 5.41) is 4.86. The molecular weight excluding hydrogens is 253 g/mol. The summed E-state index contributed by atoms with van der Waals surface area (Å²) in [7, 11) is 0. The van der Waals surface area contributed by atoms with Gasteiger partial charge in [0.15, 0.2) is 0 Å². The van der Waals surface area contributed by atoms with E-state index in [9.17, 15) is 0 Å². The van der Waals surface area contributed by atoms with Crippen LogP contribution in [0.2, 0.25) is 10.0 Å². The van der Waals surface area contributed by atoms with Crippen LogP contribution >= 0.6 is 23.2 Å². The van der Waals surface area contributed by atoms with E-state index < -0.39 is 0 Å². The second-order valence-corrected chi connectivity index (χ2v) is 6.56. The van der Waals surface area contributed by atoms with Gasteiger partial charge in [-0.3, -0.25) is 0 Å². The molecule has 0 amide bonds. The van der Waals surface area contributed by atoms with Crippen molar-refractivity contribution in [1.82, 2.24) is 5.32 Å². The highest BCUT2D eigenvalue weighted by Crippen LogP contribution is 2.28. The summed E-state index contributed by atoms with van der Waals surface area (Å²) in [6.07, 6.45) is 3.69. The third-order valence-electron chi connectivity index (χ3n) is 3.11. The van der Waals surface area contributed by atoms with Crippen molar-refractivity contribution < 1.29 is 0 Å². The lowest BCUT2D eigenvalue weighted by Crippen LogP contribution is -2.32. The molecule has 17 heavy (non-hydrogen) atoms. The third kappa shape index (κ3) is 4.17. The number of hydrogen-bond donors (Lipinski definition) is 1. The highest BCUT2D eigenvalue weighted by molar-refractivity contribution is 6.42. The van der Waals surface area contributed by atoms with Crippen molar-refractivity contribution in [3.05, 3.63) is 33.8 Å². The summed E-state index contributed by atoms with van der Waals surface area (Å²) in [6, 6.07) is 6.68. The molecule has 2 rings (SSSR count). The predicted octanol–water partition coefficient (Wildman–Crippen LogP) is 4.31. The highest BCUT2D eigenvalue weighted by atomic mass is 35.5. The predicted molar refractivity (Wildman–Crippen MR) is 75.0 cm³/mol. The maximum atomic E-state index is 6.03. The largest absolute Gasteiger partial charge is 0.313 e. The van der Waals surface area contributed by atoms with Gasteiger partial charge in [-0.25, -0.2) is 0 Å². The van der Waals surface area contributed by atoms with Gasteiger partial charge in [-0.05, 0) is 42.4 Å². The Balaban J connectivity index is 1.94. The molecule has 1 fully saturated rings. The number of hydrogen-bond acceptors (Lipinski definition) is 1. The summed E-state index contributed by atoms with van der Waals surface area (Å²) in [5.74, 6) is 0. The van der Waals surface area contributed by atoms with Gasteiger partial charge in [0.2, 0.25) is 0 Å². The number of nitrogens with one attached hydrogen (secondary N) is 1. The minimum atomic E-state index is 0.250. The van der Waals surface area contributed by atoms with Crippen LogP contribution in [-0.4, -0.2) is 12.6 Å². The molecule has 1 aliphatic carbocycles. The van der Waals surface area contributed by atoms with Crippen LogP contribution < -0.4 is 5.32 Å². The Morgan fingerprint density at radius 3 is 2.53 bits per heavy atom. The first kappa shape index (κ1) is 13.2. The minimum absolute atomic E-state index is 0.250. The van der Waals surface area contributed by atoms with Crippen molar-refractivity contribution in [2.24, 2.45) is 5.41 Å². The molecule has 0 spiro atoms. The van der Waals surface area contributed by atoms with Crippen molar-refractivity contribution in [2.75, 3.05) is 6.54 Å². The average Bonchev–Trinajstić information content (AvgIpc) is 3.04. The van der Waals surface area contributed by atoms with Gasteiger partial charge in [0.25, 0.3) is 0 Å². The third-order valence-corrected chi connectivity index (χ3v) is 3.85. The molecule has 0 radical (unpaired) electrons. The standard InChI is InChI=1S/C14H19Cl2N/c1-14(2,9-17-11-4-5-11)8-10-3-6-12(15)13(16)7-10/h3,6-7,11,17H,4-5,8-9H2,1-2H3. The number of benzene rings is 1. The van der Waals surface area contributed by atoms with E-state index in [1.807, 2.05) is 12.1 Å². The molecular formula is C14H19Cl2N. The van der Waals surface area contributed by atoms with Crippen LogP contribution in [0.25, 0.3) is 0 Å². The lowest BCUT2D eigenvalue weighted by molar-refractivity contribution is 0.337. The van der Waals surface area contributed by atoms with Gasteiger partial charge in [0.1, 0.15) is 0 Å². The second kappa shape index (κ2) is 5.17. The zero-order valence-corrected chi connectivity index (χ0v) is 11.9. The van der Waals surface area contributed by atoms with Crippen LogP contribution in [0, 0.1) is 5.41 Å². The van der Waals surface area contributed by atoms with Gasteiger partial charge in [-0.15, -0.1) is 0 Å². The van der Waals surface area contributed by atoms with E-state index in [4.69, 9.17) is 23.2 Å². The summed E-state index contributed by atoms with van der Waals surface area (Å²) >= 11 is 12.0. The normalized spacial score (nSPS) is 16.2. The first-order chi connectivity index (χ1) is 7.96. The van der Waals surface area contributed by atoms with E-state index in [0.29, 0.717) is 10.0 Å². The molecule has 0 aromatic heterocycles. The molecule has 1 N–H and O–H groups in total. The van der Waals surface area contributed by atoms with Gasteiger partial charge < -0.3 is 5.32 Å². The summed E-state index contributed by atoms with van der Waals surface area (Å²) in [4.78, 5) is 0. The van der Waals surface area contributed by atoms with Crippen LogP contribution in [0.4, 0.5) is 0 Å². The van der Waals surface area contributed by atoms with Gasteiger partial charge in [0, 0.05) is 12.6 Å². The van der Waals surface area contributed by atoms with E-state index in [1.165, 1.54) is 18.4 Å². The highest BCUT2D eigenvalue weighted by Gasteiger charge is 2.25. The molecule has 94 valence electrons. The van der Waals surface area contributed by atoms with E-state index in [1.54, 1.807) is 0 Å². The molecule has 0 aliphatic heterocycles. The fraction of sp³-hybridized carbons (Fsp3) is 0.571. The van der Waals surface area contributed by atoms with Crippen LogP contribution in [0.1, 0.15) is 32.3 Å². The van der Waals surface area contributed by atoms with Crippen LogP contribution in [-0.2, 0) is 6.42 Å². The molecule has 1 saturated carbocycles. The smallest absolute Gasteiger partial charge is 0.0595 e. The Labute approximate surface area is 114 Å². The molecule has 3 heteroatoms. The lowest BCUT2D eigenvalue weighted by Gasteiger charge is -2.25. The van der Waals surface area contributed by atoms with Gasteiger partial charge in [-0.1, -0.05) is 43.1 Å². The molecule has 0 heterocycles. The van der Waals surface area contributed by atoms with Crippen LogP contribution in [0.5, 0.6) is 0 Å². The zero-order chi connectivity index (χ0) is 12.5.